The number of amides is 3. The summed E-state index contributed by atoms with van der Waals surface area (Å²) in [4.78, 5) is 50.1. The monoisotopic (exact) mass is 381 g/mol. The molecule has 0 spiro atoms. The average Bonchev–Trinajstić information content (AvgIpc) is 2.68. The van der Waals surface area contributed by atoms with Crippen molar-refractivity contribution in [2.75, 3.05) is 19.6 Å². The molecule has 0 bridgehead atoms. The molecular formula is C20H19N3O5. The predicted octanol–water partition coefficient (Wildman–Crippen LogP) is 1.58. The van der Waals surface area contributed by atoms with Crippen LogP contribution in [0.3, 0.4) is 0 Å². The number of piperazine rings is 1. The van der Waals surface area contributed by atoms with Crippen LogP contribution >= 0.6 is 0 Å². The van der Waals surface area contributed by atoms with E-state index in [1.165, 1.54) is 23.1 Å². The van der Waals surface area contributed by atoms with Gasteiger partial charge in [0.25, 0.3) is 5.69 Å². The molecule has 144 valence electrons. The average molecular weight is 381 g/mol. The van der Waals surface area contributed by atoms with E-state index in [0.29, 0.717) is 6.42 Å². The zero-order chi connectivity index (χ0) is 20.1. The summed E-state index contributed by atoms with van der Waals surface area (Å²) in [7, 11) is 0. The first-order valence-corrected chi connectivity index (χ1v) is 8.83. The zero-order valence-electron chi connectivity index (χ0n) is 15.1. The quantitative estimate of drug-likeness (QED) is 0.430. The van der Waals surface area contributed by atoms with Crippen LogP contribution in [0.2, 0.25) is 0 Å². The first-order valence-electron chi connectivity index (χ1n) is 8.83. The topological polar surface area (TPSA) is 101 Å². The van der Waals surface area contributed by atoms with Gasteiger partial charge in [0.1, 0.15) is 13.1 Å². The minimum atomic E-state index is -0.555. The lowest BCUT2D eigenvalue weighted by Crippen LogP contribution is -2.56. The highest BCUT2D eigenvalue weighted by atomic mass is 16.6. The third-order valence-electron chi connectivity index (χ3n) is 4.60. The van der Waals surface area contributed by atoms with E-state index in [1.807, 2.05) is 30.3 Å². The number of imide groups is 1. The van der Waals surface area contributed by atoms with E-state index in [-0.39, 0.29) is 37.3 Å². The Morgan fingerprint density at radius 2 is 1.57 bits per heavy atom. The van der Waals surface area contributed by atoms with Crippen molar-refractivity contribution >= 4 is 23.4 Å². The summed E-state index contributed by atoms with van der Waals surface area (Å²) in [6.07, 6.45) is 0.310. The Labute approximate surface area is 161 Å². The Bertz CT molecular complexity index is 895. The van der Waals surface area contributed by atoms with Gasteiger partial charge in [-0.2, -0.15) is 0 Å². The second kappa shape index (κ2) is 8.43. The maximum atomic E-state index is 12.5. The summed E-state index contributed by atoms with van der Waals surface area (Å²) < 4.78 is 0. The van der Waals surface area contributed by atoms with Gasteiger partial charge in [-0.15, -0.1) is 0 Å². The summed E-state index contributed by atoms with van der Waals surface area (Å²) >= 11 is 0. The molecule has 8 heteroatoms. The molecule has 0 aliphatic carbocycles. The molecule has 0 unspecified atom stereocenters. The van der Waals surface area contributed by atoms with E-state index in [1.54, 1.807) is 6.07 Å². The Hall–Kier alpha value is -3.55. The third kappa shape index (κ3) is 4.40. The summed E-state index contributed by atoms with van der Waals surface area (Å²) in [5, 5.41) is 11.1. The lowest BCUT2D eigenvalue weighted by Gasteiger charge is -2.32. The lowest BCUT2D eigenvalue weighted by atomic mass is 10.1. The molecule has 0 saturated carbocycles. The van der Waals surface area contributed by atoms with Crippen LogP contribution in [0.1, 0.15) is 11.1 Å². The SMILES string of the molecule is O=C(Cc1ccccc1[N+](=O)[O-])N1CC(=O)N(CCc2ccccc2)C(=O)C1. The summed E-state index contributed by atoms with van der Waals surface area (Å²) in [5.74, 6) is -1.37. The van der Waals surface area contributed by atoms with Crippen molar-refractivity contribution in [1.82, 2.24) is 9.80 Å². The van der Waals surface area contributed by atoms with E-state index < -0.39 is 22.6 Å². The van der Waals surface area contributed by atoms with Crippen molar-refractivity contribution in [3.63, 3.8) is 0 Å². The Morgan fingerprint density at radius 3 is 2.21 bits per heavy atom. The van der Waals surface area contributed by atoms with E-state index >= 15 is 0 Å². The van der Waals surface area contributed by atoms with Crippen LogP contribution in [-0.4, -0.2) is 52.1 Å². The molecule has 2 aromatic rings. The van der Waals surface area contributed by atoms with Crippen molar-refractivity contribution in [2.24, 2.45) is 0 Å². The van der Waals surface area contributed by atoms with Crippen LogP contribution in [0, 0.1) is 10.1 Å². The van der Waals surface area contributed by atoms with E-state index in [0.717, 1.165) is 10.5 Å². The number of nitro groups is 1. The smallest absolute Gasteiger partial charge is 0.273 e. The molecule has 1 saturated heterocycles. The normalized spacial score (nSPS) is 14.3. The molecule has 1 fully saturated rings. The lowest BCUT2D eigenvalue weighted by molar-refractivity contribution is -0.385. The van der Waals surface area contributed by atoms with Gasteiger partial charge in [-0.25, -0.2) is 0 Å². The Balaban J connectivity index is 1.62. The van der Waals surface area contributed by atoms with Crippen molar-refractivity contribution in [1.29, 1.82) is 0 Å². The van der Waals surface area contributed by atoms with Gasteiger partial charge in [0.15, 0.2) is 0 Å². The predicted molar refractivity (Wildman–Crippen MR) is 100 cm³/mol. The van der Waals surface area contributed by atoms with Gasteiger partial charge in [0, 0.05) is 18.2 Å². The molecule has 1 aliphatic heterocycles. The summed E-state index contributed by atoms with van der Waals surface area (Å²) in [6.45, 7) is -0.159. The van der Waals surface area contributed by atoms with Crippen molar-refractivity contribution in [2.45, 2.75) is 12.8 Å². The number of benzene rings is 2. The molecule has 3 amide bonds. The van der Waals surface area contributed by atoms with Gasteiger partial charge >= 0.3 is 0 Å². The fourth-order valence-corrected chi connectivity index (χ4v) is 3.12. The largest absolute Gasteiger partial charge is 0.324 e. The van der Waals surface area contributed by atoms with Crippen LogP contribution in [0.5, 0.6) is 0 Å². The number of hydrogen-bond donors (Lipinski definition) is 0. The number of nitrogens with zero attached hydrogens (tertiary/aromatic N) is 3. The Morgan fingerprint density at radius 1 is 0.964 bits per heavy atom. The molecule has 1 aliphatic rings. The molecular weight excluding hydrogens is 362 g/mol. The minimum Gasteiger partial charge on any atom is -0.324 e. The number of carbonyl (C=O) groups excluding carboxylic acids is 3. The molecule has 0 radical (unpaired) electrons. The van der Waals surface area contributed by atoms with Gasteiger partial charge in [-0.3, -0.25) is 29.4 Å². The number of para-hydroxylation sites is 1. The summed E-state index contributed by atoms with van der Waals surface area (Å²) in [6, 6.07) is 15.4. The van der Waals surface area contributed by atoms with Crippen LogP contribution in [0.25, 0.3) is 0 Å². The van der Waals surface area contributed by atoms with E-state index in [4.69, 9.17) is 0 Å². The van der Waals surface area contributed by atoms with Gasteiger partial charge in [-0.05, 0) is 12.0 Å². The number of carbonyl (C=O) groups is 3. The summed E-state index contributed by atoms with van der Waals surface area (Å²) in [5.41, 5.74) is 1.11. The van der Waals surface area contributed by atoms with E-state index in [9.17, 15) is 24.5 Å². The van der Waals surface area contributed by atoms with Crippen molar-refractivity contribution in [3.8, 4) is 0 Å². The third-order valence-corrected chi connectivity index (χ3v) is 4.60. The first kappa shape index (κ1) is 19.2. The van der Waals surface area contributed by atoms with Crippen molar-refractivity contribution < 1.29 is 19.3 Å². The second-order valence-electron chi connectivity index (χ2n) is 6.49. The highest BCUT2D eigenvalue weighted by Crippen LogP contribution is 2.19. The molecule has 0 aromatic heterocycles. The number of rotatable bonds is 6. The van der Waals surface area contributed by atoms with E-state index in [2.05, 4.69) is 0 Å². The van der Waals surface area contributed by atoms with Crippen LogP contribution in [0.4, 0.5) is 5.69 Å². The Kier molecular flexibility index (Phi) is 5.78. The standard InChI is InChI=1S/C20H19N3O5/c24-18(12-16-8-4-5-9-17(16)23(27)28)21-13-19(25)22(20(26)14-21)11-10-15-6-2-1-3-7-15/h1-9H,10-14H2. The fraction of sp³-hybridized carbons (Fsp3) is 0.250. The molecule has 0 atom stereocenters. The highest BCUT2D eigenvalue weighted by Gasteiger charge is 2.33. The molecule has 0 N–H and O–H groups in total. The first-order chi connectivity index (χ1) is 13.5. The molecule has 2 aromatic carbocycles. The maximum absolute atomic E-state index is 12.5. The van der Waals surface area contributed by atoms with Crippen LogP contribution in [0.15, 0.2) is 54.6 Å². The maximum Gasteiger partial charge on any atom is 0.273 e. The van der Waals surface area contributed by atoms with Crippen LogP contribution in [-0.2, 0) is 27.2 Å². The zero-order valence-corrected chi connectivity index (χ0v) is 15.1. The van der Waals surface area contributed by atoms with Gasteiger partial charge in [-0.1, -0.05) is 48.5 Å². The number of hydrogen-bond acceptors (Lipinski definition) is 5. The second-order valence-corrected chi connectivity index (χ2v) is 6.49. The van der Waals surface area contributed by atoms with Crippen molar-refractivity contribution in [3.05, 3.63) is 75.8 Å². The van der Waals surface area contributed by atoms with Gasteiger partial charge in [0.2, 0.25) is 17.7 Å². The molecule has 28 heavy (non-hydrogen) atoms. The van der Waals surface area contributed by atoms with Gasteiger partial charge in [0.05, 0.1) is 11.3 Å². The van der Waals surface area contributed by atoms with Gasteiger partial charge < -0.3 is 4.90 Å². The molecule has 3 rings (SSSR count). The highest BCUT2D eigenvalue weighted by molar-refractivity contribution is 6.02. The number of nitro benzene ring substituents is 1. The molecule has 1 heterocycles. The fourth-order valence-electron chi connectivity index (χ4n) is 3.12. The molecule has 8 nitrogen and oxygen atoms in total. The van der Waals surface area contributed by atoms with Crippen LogP contribution < -0.4 is 0 Å². The minimum absolute atomic E-state index is 0.157.